The van der Waals surface area contributed by atoms with E-state index in [1.165, 1.54) is 0 Å². The van der Waals surface area contributed by atoms with Crippen LogP contribution >= 0.6 is 0 Å². The monoisotopic (exact) mass is 246 g/mol. The van der Waals surface area contributed by atoms with Gasteiger partial charge in [0, 0.05) is 5.56 Å². The van der Waals surface area contributed by atoms with Crippen molar-refractivity contribution < 1.29 is 30.7 Å². The fraction of sp³-hybridized carbons (Fsp3) is 0.333. The van der Waals surface area contributed by atoms with Gasteiger partial charge in [0.2, 0.25) is 0 Å². The SMILES string of the molecule is Fc1cccc(C(F)(F)F)c1CC(F)(F)F. The molecule has 16 heavy (non-hydrogen) atoms. The van der Waals surface area contributed by atoms with Gasteiger partial charge in [0.1, 0.15) is 5.82 Å². The number of hydrogen-bond donors (Lipinski definition) is 0. The Bertz CT molecular complexity index is 374. The van der Waals surface area contributed by atoms with Crippen LogP contribution in [0.1, 0.15) is 11.1 Å². The minimum atomic E-state index is -5.00. The molecule has 0 aliphatic carbocycles. The zero-order chi connectivity index (χ0) is 12.6. The Labute approximate surface area is 85.7 Å². The van der Waals surface area contributed by atoms with Crippen LogP contribution in [-0.4, -0.2) is 6.18 Å². The van der Waals surface area contributed by atoms with Crippen molar-refractivity contribution in [2.75, 3.05) is 0 Å². The van der Waals surface area contributed by atoms with E-state index in [9.17, 15) is 30.7 Å². The smallest absolute Gasteiger partial charge is 0.207 e. The van der Waals surface area contributed by atoms with E-state index in [-0.39, 0.29) is 0 Å². The average Bonchev–Trinajstić information content (AvgIpc) is 2.04. The highest BCUT2D eigenvalue weighted by Crippen LogP contribution is 2.35. The molecule has 0 saturated heterocycles. The van der Waals surface area contributed by atoms with Gasteiger partial charge in [-0.15, -0.1) is 0 Å². The lowest BCUT2D eigenvalue weighted by Gasteiger charge is -2.14. The van der Waals surface area contributed by atoms with Crippen molar-refractivity contribution in [3.63, 3.8) is 0 Å². The van der Waals surface area contributed by atoms with Gasteiger partial charge in [0.05, 0.1) is 12.0 Å². The molecule has 0 fully saturated rings. The predicted molar refractivity (Wildman–Crippen MR) is 41.2 cm³/mol. The molecule has 1 aromatic rings. The summed E-state index contributed by atoms with van der Waals surface area (Å²) in [4.78, 5) is 0. The third kappa shape index (κ3) is 3.11. The molecule has 0 atom stereocenters. The highest BCUT2D eigenvalue weighted by Gasteiger charge is 2.38. The van der Waals surface area contributed by atoms with Gasteiger partial charge >= 0.3 is 12.4 Å². The number of halogens is 7. The molecule has 0 aliphatic heterocycles. The number of benzene rings is 1. The highest BCUT2D eigenvalue weighted by atomic mass is 19.4. The number of hydrogen-bond acceptors (Lipinski definition) is 0. The van der Waals surface area contributed by atoms with Crippen molar-refractivity contribution >= 4 is 0 Å². The van der Waals surface area contributed by atoms with E-state index in [4.69, 9.17) is 0 Å². The quantitative estimate of drug-likeness (QED) is 0.658. The van der Waals surface area contributed by atoms with Gasteiger partial charge in [-0.25, -0.2) is 4.39 Å². The van der Waals surface area contributed by atoms with Crippen molar-refractivity contribution in [3.8, 4) is 0 Å². The molecule has 0 unspecified atom stereocenters. The van der Waals surface area contributed by atoms with Gasteiger partial charge in [-0.3, -0.25) is 0 Å². The van der Waals surface area contributed by atoms with Crippen LogP contribution in [0.15, 0.2) is 18.2 Å². The normalized spacial score (nSPS) is 12.9. The summed E-state index contributed by atoms with van der Waals surface area (Å²) in [6, 6.07) is 1.71. The molecule has 1 rings (SSSR count). The van der Waals surface area contributed by atoms with Gasteiger partial charge in [0.25, 0.3) is 0 Å². The van der Waals surface area contributed by atoms with Crippen LogP contribution in [0.4, 0.5) is 30.7 Å². The van der Waals surface area contributed by atoms with E-state index in [1.807, 2.05) is 0 Å². The fourth-order valence-electron chi connectivity index (χ4n) is 1.20. The van der Waals surface area contributed by atoms with Crippen molar-refractivity contribution in [2.24, 2.45) is 0 Å². The molecule has 90 valence electrons. The molecule has 0 heterocycles. The Hall–Kier alpha value is -1.27. The first-order valence-electron chi connectivity index (χ1n) is 4.02. The first kappa shape index (κ1) is 12.8. The Morgan fingerprint density at radius 3 is 1.94 bits per heavy atom. The summed E-state index contributed by atoms with van der Waals surface area (Å²) in [5.41, 5.74) is -2.97. The van der Waals surface area contributed by atoms with Crippen LogP contribution in [0, 0.1) is 5.82 Å². The van der Waals surface area contributed by atoms with Crippen LogP contribution in [0.3, 0.4) is 0 Å². The van der Waals surface area contributed by atoms with E-state index in [0.29, 0.717) is 12.1 Å². The Morgan fingerprint density at radius 2 is 1.50 bits per heavy atom. The Kier molecular flexibility index (Phi) is 3.16. The predicted octanol–water partition coefficient (Wildman–Crippen LogP) is 3.95. The lowest BCUT2D eigenvalue weighted by Crippen LogP contribution is -2.18. The highest BCUT2D eigenvalue weighted by molar-refractivity contribution is 5.31. The average molecular weight is 246 g/mol. The standard InChI is InChI=1S/C9H5F7/c10-7-3-1-2-6(9(14,15)16)5(7)4-8(11,12)13/h1-3H,4H2. The molecule has 0 N–H and O–H groups in total. The molecule has 0 aromatic heterocycles. The van der Waals surface area contributed by atoms with Crippen LogP contribution in [0.25, 0.3) is 0 Å². The van der Waals surface area contributed by atoms with Crippen molar-refractivity contribution in [2.45, 2.75) is 18.8 Å². The minimum absolute atomic E-state index is 0.421. The zero-order valence-electron chi connectivity index (χ0n) is 7.58. The van der Waals surface area contributed by atoms with Gasteiger partial charge in [0.15, 0.2) is 0 Å². The van der Waals surface area contributed by atoms with E-state index in [2.05, 4.69) is 0 Å². The lowest BCUT2D eigenvalue weighted by atomic mass is 10.0. The minimum Gasteiger partial charge on any atom is -0.207 e. The van der Waals surface area contributed by atoms with Crippen LogP contribution < -0.4 is 0 Å². The molecule has 0 aliphatic rings. The lowest BCUT2D eigenvalue weighted by molar-refractivity contribution is -0.143. The van der Waals surface area contributed by atoms with E-state index in [0.717, 1.165) is 6.07 Å². The fourth-order valence-corrected chi connectivity index (χ4v) is 1.20. The molecular formula is C9H5F7. The van der Waals surface area contributed by atoms with E-state index < -0.39 is 35.7 Å². The summed E-state index contributed by atoms with van der Waals surface area (Å²) < 4.78 is 85.6. The Morgan fingerprint density at radius 1 is 0.938 bits per heavy atom. The maximum atomic E-state index is 12.9. The van der Waals surface area contributed by atoms with E-state index in [1.54, 1.807) is 0 Å². The molecule has 0 nitrogen and oxygen atoms in total. The third-order valence-electron chi connectivity index (χ3n) is 1.80. The first-order chi connectivity index (χ1) is 7.11. The third-order valence-corrected chi connectivity index (χ3v) is 1.80. The van der Waals surface area contributed by atoms with Crippen LogP contribution in [0.5, 0.6) is 0 Å². The number of rotatable bonds is 1. The summed E-state index contributed by atoms with van der Waals surface area (Å²) in [5, 5.41) is 0. The van der Waals surface area contributed by atoms with Crippen molar-refractivity contribution in [1.29, 1.82) is 0 Å². The van der Waals surface area contributed by atoms with Crippen molar-refractivity contribution in [3.05, 3.63) is 35.1 Å². The molecule has 0 saturated carbocycles. The molecule has 7 heteroatoms. The molecular weight excluding hydrogens is 241 g/mol. The summed E-state index contributed by atoms with van der Waals surface area (Å²) in [7, 11) is 0. The molecule has 1 aromatic carbocycles. The zero-order valence-corrected chi connectivity index (χ0v) is 7.58. The molecule has 0 bridgehead atoms. The number of alkyl halides is 6. The van der Waals surface area contributed by atoms with Gasteiger partial charge in [-0.1, -0.05) is 6.07 Å². The second-order valence-corrected chi connectivity index (χ2v) is 3.06. The molecule has 0 radical (unpaired) electrons. The second-order valence-electron chi connectivity index (χ2n) is 3.06. The van der Waals surface area contributed by atoms with E-state index >= 15 is 0 Å². The maximum Gasteiger partial charge on any atom is 0.416 e. The summed E-state index contributed by atoms with van der Waals surface area (Å²) in [6.45, 7) is 0. The van der Waals surface area contributed by atoms with Crippen LogP contribution in [0.2, 0.25) is 0 Å². The maximum absolute atomic E-state index is 12.9. The topological polar surface area (TPSA) is 0 Å². The second kappa shape index (κ2) is 3.95. The van der Waals surface area contributed by atoms with Crippen LogP contribution in [-0.2, 0) is 12.6 Å². The largest absolute Gasteiger partial charge is 0.416 e. The molecule has 0 amide bonds. The summed E-state index contributed by atoms with van der Waals surface area (Å²) in [6.07, 6.45) is -11.8. The van der Waals surface area contributed by atoms with Gasteiger partial charge in [-0.2, -0.15) is 26.3 Å². The summed E-state index contributed by atoms with van der Waals surface area (Å²) in [5.74, 6) is -1.51. The van der Waals surface area contributed by atoms with Gasteiger partial charge < -0.3 is 0 Å². The Balaban J connectivity index is 3.25. The molecule has 0 spiro atoms. The van der Waals surface area contributed by atoms with Gasteiger partial charge in [-0.05, 0) is 12.1 Å². The summed E-state index contributed by atoms with van der Waals surface area (Å²) >= 11 is 0. The first-order valence-corrected chi connectivity index (χ1v) is 4.02. The van der Waals surface area contributed by atoms with Crippen molar-refractivity contribution in [1.82, 2.24) is 0 Å².